The number of hydrogen-bond donors (Lipinski definition) is 0. The van der Waals surface area contributed by atoms with Gasteiger partial charge in [-0.15, -0.1) is 0 Å². The van der Waals surface area contributed by atoms with Gasteiger partial charge in [-0.25, -0.2) is 0 Å². The zero-order valence-electron chi connectivity index (χ0n) is 39.9. The minimum Gasteiger partial charge on any atom is -0.308 e. The molecule has 0 amide bonds. The van der Waals surface area contributed by atoms with Crippen LogP contribution in [0.1, 0.15) is 198 Å². The first-order chi connectivity index (χ1) is 31.2. The van der Waals surface area contributed by atoms with Gasteiger partial charge in [0.2, 0.25) is 0 Å². The normalized spacial score (nSPS) is 21.3. The van der Waals surface area contributed by atoms with Crippen molar-refractivity contribution in [3.8, 4) is 11.1 Å². The molecule has 6 aliphatic carbocycles. The fourth-order valence-corrected chi connectivity index (χ4v) is 14.6. The number of nitrogens with zero attached hydrogens (tertiary/aromatic N) is 2. The summed E-state index contributed by atoms with van der Waals surface area (Å²) >= 11 is 0. The molecule has 0 spiro atoms. The number of carbonyl (C=O) groups is 1. The average Bonchev–Trinajstić information content (AvgIpc) is 3.98. The molecule has 0 radical (unpaired) electrons. The highest BCUT2D eigenvalue weighted by Gasteiger charge is 2.38. The summed E-state index contributed by atoms with van der Waals surface area (Å²) in [4.78, 5) is 14.4. The molecular formula is C62H62N2O. The second-order valence-corrected chi connectivity index (χ2v) is 23.6. The van der Waals surface area contributed by atoms with Crippen molar-refractivity contribution in [2.24, 2.45) is 5.92 Å². The Labute approximate surface area is 382 Å². The van der Waals surface area contributed by atoms with E-state index in [0.717, 1.165) is 31.2 Å². The first-order valence-corrected chi connectivity index (χ1v) is 25.5. The summed E-state index contributed by atoms with van der Waals surface area (Å²) in [7, 11) is 0. The van der Waals surface area contributed by atoms with E-state index < -0.39 is 0 Å². The van der Waals surface area contributed by atoms with Gasteiger partial charge < -0.3 is 8.80 Å². The molecule has 2 fully saturated rings. The first kappa shape index (κ1) is 38.8. The predicted octanol–water partition coefficient (Wildman–Crippen LogP) is 17.5. The highest BCUT2D eigenvalue weighted by atomic mass is 16.1. The van der Waals surface area contributed by atoms with Crippen molar-refractivity contribution in [2.75, 3.05) is 0 Å². The van der Waals surface area contributed by atoms with Crippen molar-refractivity contribution in [3.63, 3.8) is 0 Å². The number of hydrogen-bond acceptors (Lipinski definition) is 1. The first-order valence-electron chi connectivity index (χ1n) is 25.5. The molecule has 0 N–H and O–H groups in total. The average molecular weight is 851 g/mol. The van der Waals surface area contributed by atoms with E-state index in [-0.39, 0.29) is 11.3 Å². The van der Waals surface area contributed by atoms with Crippen molar-refractivity contribution < 1.29 is 4.79 Å². The van der Waals surface area contributed by atoms with Crippen LogP contribution in [0.2, 0.25) is 0 Å². The minimum absolute atomic E-state index is 0.00266. The molecule has 0 atom stereocenters. The van der Waals surface area contributed by atoms with Gasteiger partial charge in [0.1, 0.15) is 0 Å². The van der Waals surface area contributed by atoms with Gasteiger partial charge in [-0.1, -0.05) is 80.5 Å². The van der Waals surface area contributed by atoms with Crippen molar-refractivity contribution >= 4 is 82.0 Å². The summed E-state index contributed by atoms with van der Waals surface area (Å²) in [5.74, 6) is 3.57. The van der Waals surface area contributed by atoms with Gasteiger partial charge in [0.05, 0.1) is 33.1 Å². The van der Waals surface area contributed by atoms with Crippen LogP contribution < -0.4 is 0 Å². The van der Waals surface area contributed by atoms with E-state index in [2.05, 4.69) is 144 Å². The van der Waals surface area contributed by atoms with Crippen LogP contribution >= 0.6 is 0 Å². The van der Waals surface area contributed by atoms with Crippen LogP contribution in [0, 0.1) is 5.92 Å². The number of fused-ring (bicyclic) bond motifs is 16. The van der Waals surface area contributed by atoms with Crippen molar-refractivity contribution in [3.05, 3.63) is 117 Å². The Morgan fingerprint density at radius 3 is 1.60 bits per heavy atom. The Balaban J connectivity index is 1.16. The van der Waals surface area contributed by atoms with E-state index in [1.165, 1.54) is 141 Å². The smallest absolute Gasteiger partial charge is 0.166 e. The molecule has 0 aliphatic heterocycles. The lowest BCUT2D eigenvalue weighted by atomic mass is 9.66. The molecule has 6 aromatic carbocycles. The maximum Gasteiger partial charge on any atom is 0.166 e. The second-order valence-electron chi connectivity index (χ2n) is 23.6. The summed E-state index contributed by atoms with van der Waals surface area (Å²) in [6, 6.07) is 30.2. The summed E-state index contributed by atoms with van der Waals surface area (Å²) in [5, 5.41) is 10.9. The third-order valence-electron chi connectivity index (χ3n) is 18.0. The molecular weight excluding hydrogens is 789 g/mol. The Kier molecular flexibility index (Phi) is 7.72. The summed E-state index contributed by atoms with van der Waals surface area (Å²) < 4.78 is 5.25. The third-order valence-corrected chi connectivity index (χ3v) is 18.0. The van der Waals surface area contributed by atoms with Gasteiger partial charge in [0, 0.05) is 54.6 Å². The number of aromatic nitrogens is 2. The lowest BCUT2D eigenvalue weighted by Gasteiger charge is -2.38. The number of carbonyl (C=O) groups excluding carboxylic acids is 1. The van der Waals surface area contributed by atoms with E-state index in [0.29, 0.717) is 41.3 Å². The molecule has 2 saturated carbocycles. The molecule has 3 nitrogen and oxygen atoms in total. The van der Waals surface area contributed by atoms with E-state index in [1.54, 1.807) is 11.1 Å². The molecule has 6 aliphatic rings. The summed E-state index contributed by atoms with van der Waals surface area (Å²) in [5.41, 5.74) is 21.9. The fraction of sp³-hybridized carbons (Fsp3) is 0.403. The summed E-state index contributed by atoms with van der Waals surface area (Å²) in [6.45, 7) is 21.3. The van der Waals surface area contributed by atoms with E-state index >= 15 is 0 Å². The van der Waals surface area contributed by atoms with Gasteiger partial charge in [0.25, 0.3) is 0 Å². The molecule has 4 heterocycles. The third kappa shape index (κ3) is 5.01. The van der Waals surface area contributed by atoms with Crippen LogP contribution in [0.25, 0.3) is 87.3 Å². The zero-order valence-corrected chi connectivity index (χ0v) is 39.9. The highest BCUT2D eigenvalue weighted by Crippen LogP contribution is 2.56. The van der Waals surface area contributed by atoms with E-state index in [4.69, 9.17) is 0 Å². The Morgan fingerprint density at radius 2 is 1.00 bits per heavy atom. The van der Waals surface area contributed by atoms with Crippen LogP contribution in [-0.2, 0) is 5.41 Å². The van der Waals surface area contributed by atoms with Gasteiger partial charge in [-0.2, -0.15) is 0 Å². The van der Waals surface area contributed by atoms with E-state index in [1.807, 2.05) is 0 Å². The topological polar surface area (TPSA) is 25.9 Å². The largest absolute Gasteiger partial charge is 0.308 e. The minimum atomic E-state index is 0.00266. The molecule has 4 aromatic heterocycles. The number of benzene rings is 6. The van der Waals surface area contributed by atoms with Gasteiger partial charge >= 0.3 is 0 Å². The van der Waals surface area contributed by atoms with Crippen LogP contribution in [-0.4, -0.2) is 14.6 Å². The molecule has 326 valence electrons. The standard InChI is InChI=1S/C62H62N2O/c1-30(2)37-20-41(31(3)4)56(42(21-37)32(5)6)38-22-47-44-26-43-34-12-16-36(17-13-34)61(65)50(43)29-55(44)64-54-28-46-49-24-39(62(7,8)9)25-51-58-52(19-18-40-33-10-14-35(15-11-33)57(40)58)63(60(49)51)53(46)27-45(54)48(23-38)59(47)64/h18-36H,10-17H2,1-9H3. The Hall–Kier alpha value is -5.41. The molecule has 3 heteroatoms. The maximum atomic E-state index is 14.4. The molecule has 0 unspecified atom stereocenters. The quantitative estimate of drug-likeness (QED) is 0.173. The Morgan fingerprint density at radius 1 is 0.492 bits per heavy atom. The molecule has 65 heavy (non-hydrogen) atoms. The Bertz CT molecular complexity index is 3680. The molecule has 16 rings (SSSR count). The number of ketones is 1. The van der Waals surface area contributed by atoms with Crippen molar-refractivity contribution in [2.45, 2.75) is 155 Å². The second kappa shape index (κ2) is 12.9. The van der Waals surface area contributed by atoms with Crippen molar-refractivity contribution in [1.29, 1.82) is 0 Å². The summed E-state index contributed by atoms with van der Waals surface area (Å²) in [6.07, 6.45) is 9.63. The van der Waals surface area contributed by atoms with Crippen LogP contribution in [0.15, 0.2) is 72.8 Å². The monoisotopic (exact) mass is 850 g/mol. The van der Waals surface area contributed by atoms with Crippen LogP contribution in [0.4, 0.5) is 0 Å². The number of Topliss-reactive ketones (excluding diaryl/α,β-unsaturated/α-hetero) is 1. The lowest BCUT2D eigenvalue weighted by molar-refractivity contribution is 0.0898. The molecule has 4 bridgehead atoms. The van der Waals surface area contributed by atoms with Crippen molar-refractivity contribution in [1.82, 2.24) is 8.80 Å². The molecule has 0 saturated heterocycles. The predicted molar refractivity (Wildman–Crippen MR) is 275 cm³/mol. The van der Waals surface area contributed by atoms with Gasteiger partial charge in [-0.3, -0.25) is 4.79 Å². The highest BCUT2D eigenvalue weighted by molar-refractivity contribution is 6.30. The van der Waals surface area contributed by atoms with E-state index in [9.17, 15) is 4.79 Å². The zero-order chi connectivity index (χ0) is 44.3. The molecule has 10 aromatic rings. The SMILES string of the molecule is CC(C)c1cc(C(C)C)c(-c2cc3c4cc5c(cc4n4c6cc7c8cc(C(C)(C)C)cc9c%10c%11c(ccc%10n(c7cc6c(c2)c34)c89)C2CCC%11CC2)C(=O)C2CCC5CC2)c(C(C)C)c1. The maximum absolute atomic E-state index is 14.4. The lowest BCUT2D eigenvalue weighted by Crippen LogP contribution is -2.21. The fourth-order valence-electron chi connectivity index (χ4n) is 14.6. The van der Waals surface area contributed by atoms with Gasteiger partial charge in [-0.05, 0) is 197 Å². The van der Waals surface area contributed by atoms with Gasteiger partial charge in [0.15, 0.2) is 5.78 Å². The van der Waals surface area contributed by atoms with Crippen LogP contribution in [0.3, 0.4) is 0 Å². The van der Waals surface area contributed by atoms with Crippen LogP contribution in [0.5, 0.6) is 0 Å². The number of rotatable bonds is 4.